The SMILES string of the molecule is CC[C@@]1(O)C(=O)OCC2=C1C=C1c3nc4cc(F)c(C)c5c4c(c3CN1C2)[C@@H](NC)CC5. The molecular formula is C25H26FN3O3. The summed E-state index contributed by atoms with van der Waals surface area (Å²) in [4.78, 5) is 19.6. The summed E-state index contributed by atoms with van der Waals surface area (Å²) in [6, 6.07) is 1.72. The van der Waals surface area contributed by atoms with Gasteiger partial charge >= 0.3 is 5.97 Å². The second-order valence-corrected chi connectivity index (χ2v) is 9.28. The van der Waals surface area contributed by atoms with E-state index in [1.807, 2.05) is 20.0 Å². The van der Waals surface area contributed by atoms with Crippen LogP contribution in [0.25, 0.3) is 16.6 Å². The number of carbonyl (C=O) groups excluding carboxylic acids is 1. The number of pyridine rings is 1. The summed E-state index contributed by atoms with van der Waals surface area (Å²) < 4.78 is 20.1. The molecule has 1 aliphatic carbocycles. The molecule has 6 rings (SSSR count). The molecule has 0 fully saturated rings. The minimum absolute atomic E-state index is 0.175. The maximum absolute atomic E-state index is 14.8. The summed E-state index contributed by atoms with van der Waals surface area (Å²) in [6.07, 6.45) is 3.88. The first-order valence-corrected chi connectivity index (χ1v) is 11.3. The van der Waals surface area contributed by atoms with Crippen LogP contribution in [0, 0.1) is 12.7 Å². The standard InChI is InChI=1S/C25H26FN3O3/c1-4-25(31)16-7-20-23-15(10-29(20)9-13(16)11-32-24(25)30)22-18(27-3)6-5-14-12(2)17(26)8-19(28-23)21(14)22/h7-8,18,27,31H,4-6,9-11H2,1-3H3/t18-,25-/m0/s1. The third kappa shape index (κ3) is 2.41. The first-order valence-electron chi connectivity index (χ1n) is 11.3. The van der Waals surface area contributed by atoms with Crippen LogP contribution in [0.5, 0.6) is 0 Å². The number of halogens is 1. The Bertz CT molecular complexity index is 1280. The fraction of sp³-hybridized carbons (Fsp3) is 0.440. The number of benzene rings is 1. The second-order valence-electron chi connectivity index (χ2n) is 9.28. The minimum Gasteiger partial charge on any atom is -0.459 e. The second kappa shape index (κ2) is 6.62. The Morgan fingerprint density at radius 1 is 1.38 bits per heavy atom. The lowest BCUT2D eigenvalue weighted by Gasteiger charge is -2.37. The average Bonchev–Trinajstić information content (AvgIpc) is 3.16. The molecule has 4 heterocycles. The number of ether oxygens (including phenoxy) is 1. The van der Waals surface area contributed by atoms with E-state index in [2.05, 4.69) is 10.2 Å². The van der Waals surface area contributed by atoms with Crippen LogP contribution in [0.1, 0.15) is 53.8 Å². The first-order chi connectivity index (χ1) is 15.4. The van der Waals surface area contributed by atoms with Crippen LogP contribution in [0.3, 0.4) is 0 Å². The van der Waals surface area contributed by atoms with Gasteiger partial charge in [-0.3, -0.25) is 0 Å². The Kier molecular flexibility index (Phi) is 4.11. The van der Waals surface area contributed by atoms with E-state index in [0.717, 1.165) is 46.3 Å². The molecule has 0 saturated carbocycles. The number of rotatable bonds is 2. The number of hydrogen-bond acceptors (Lipinski definition) is 6. The van der Waals surface area contributed by atoms with E-state index in [9.17, 15) is 14.3 Å². The van der Waals surface area contributed by atoms with Crippen molar-refractivity contribution in [3.8, 4) is 0 Å². The molecule has 6 nitrogen and oxygen atoms in total. The monoisotopic (exact) mass is 435 g/mol. The van der Waals surface area contributed by atoms with E-state index in [0.29, 0.717) is 29.7 Å². The Labute approximate surface area is 185 Å². The number of carbonyl (C=O) groups is 1. The summed E-state index contributed by atoms with van der Waals surface area (Å²) in [6.45, 7) is 5.11. The molecule has 0 unspecified atom stereocenters. The molecule has 1 aromatic heterocycles. The van der Waals surface area contributed by atoms with Crippen LogP contribution < -0.4 is 5.32 Å². The Balaban J connectivity index is 1.61. The number of aliphatic hydroxyl groups is 1. The minimum atomic E-state index is -1.63. The van der Waals surface area contributed by atoms with E-state index in [1.165, 1.54) is 5.56 Å². The van der Waals surface area contributed by atoms with Crippen LogP contribution in [-0.4, -0.2) is 46.8 Å². The number of hydrogen-bond donors (Lipinski definition) is 2. The molecule has 3 aliphatic heterocycles. The van der Waals surface area contributed by atoms with Crippen molar-refractivity contribution in [2.24, 2.45) is 0 Å². The highest BCUT2D eigenvalue weighted by Gasteiger charge is 2.47. The Morgan fingerprint density at radius 3 is 2.94 bits per heavy atom. The van der Waals surface area contributed by atoms with E-state index in [-0.39, 0.29) is 24.9 Å². The van der Waals surface area contributed by atoms with Gasteiger partial charge in [-0.15, -0.1) is 0 Å². The first kappa shape index (κ1) is 19.9. The van der Waals surface area contributed by atoms with Crippen LogP contribution in [0.2, 0.25) is 0 Å². The molecule has 4 aliphatic rings. The van der Waals surface area contributed by atoms with Crippen molar-refractivity contribution in [2.45, 2.75) is 51.3 Å². The molecule has 0 radical (unpaired) electrons. The summed E-state index contributed by atoms with van der Waals surface area (Å²) >= 11 is 0. The van der Waals surface area contributed by atoms with Crippen LogP contribution in [0.15, 0.2) is 23.3 Å². The van der Waals surface area contributed by atoms with Crippen LogP contribution in [0.4, 0.5) is 4.39 Å². The van der Waals surface area contributed by atoms with Gasteiger partial charge < -0.3 is 20.1 Å². The van der Waals surface area contributed by atoms with Gasteiger partial charge in [-0.1, -0.05) is 6.92 Å². The summed E-state index contributed by atoms with van der Waals surface area (Å²) in [5.41, 5.74) is 6.46. The lowest BCUT2D eigenvalue weighted by molar-refractivity contribution is -0.163. The van der Waals surface area contributed by atoms with Gasteiger partial charge in [-0.2, -0.15) is 0 Å². The third-order valence-corrected chi connectivity index (χ3v) is 7.77. The van der Waals surface area contributed by atoms with Crippen LogP contribution >= 0.6 is 0 Å². The van der Waals surface area contributed by atoms with E-state index in [4.69, 9.17) is 9.72 Å². The maximum Gasteiger partial charge on any atom is 0.343 e. The van der Waals surface area contributed by atoms with Gasteiger partial charge in [0.1, 0.15) is 12.4 Å². The number of cyclic esters (lactones) is 1. The highest BCUT2D eigenvalue weighted by molar-refractivity contribution is 5.94. The Morgan fingerprint density at radius 2 is 2.19 bits per heavy atom. The van der Waals surface area contributed by atoms with Crippen molar-refractivity contribution < 1.29 is 19.0 Å². The number of nitrogens with one attached hydrogen (secondary N) is 1. The van der Waals surface area contributed by atoms with Gasteiger partial charge in [0.25, 0.3) is 0 Å². The zero-order valence-corrected chi connectivity index (χ0v) is 18.5. The van der Waals surface area contributed by atoms with Crippen molar-refractivity contribution >= 4 is 22.6 Å². The summed E-state index contributed by atoms with van der Waals surface area (Å²) in [7, 11) is 1.97. The lowest BCUT2D eigenvalue weighted by Crippen LogP contribution is -2.47. The molecule has 7 heteroatoms. The quantitative estimate of drug-likeness (QED) is 0.707. The number of esters is 1. The topological polar surface area (TPSA) is 74.7 Å². The van der Waals surface area contributed by atoms with Crippen molar-refractivity contribution in [2.75, 3.05) is 20.2 Å². The zero-order valence-electron chi connectivity index (χ0n) is 18.5. The van der Waals surface area contributed by atoms with E-state index >= 15 is 0 Å². The zero-order chi connectivity index (χ0) is 22.4. The van der Waals surface area contributed by atoms with Crippen molar-refractivity contribution in [3.63, 3.8) is 0 Å². The molecule has 2 aromatic rings. The number of fused-ring (bicyclic) bond motifs is 4. The van der Waals surface area contributed by atoms with E-state index in [1.54, 1.807) is 13.0 Å². The number of nitrogens with zero attached hydrogens (tertiary/aromatic N) is 2. The molecule has 2 N–H and O–H groups in total. The largest absolute Gasteiger partial charge is 0.459 e. The highest BCUT2D eigenvalue weighted by Crippen LogP contribution is 2.47. The molecule has 166 valence electrons. The number of aromatic nitrogens is 1. The van der Waals surface area contributed by atoms with E-state index < -0.39 is 11.6 Å². The molecule has 32 heavy (non-hydrogen) atoms. The lowest BCUT2D eigenvalue weighted by atomic mass is 9.81. The molecule has 1 aromatic carbocycles. The van der Waals surface area contributed by atoms with Gasteiger partial charge in [0.05, 0.1) is 16.9 Å². The third-order valence-electron chi connectivity index (χ3n) is 7.77. The predicted octanol–water partition coefficient (Wildman–Crippen LogP) is 3.05. The average molecular weight is 435 g/mol. The van der Waals surface area contributed by atoms with Crippen molar-refractivity contribution in [1.29, 1.82) is 0 Å². The normalized spacial score (nSPS) is 26.0. The molecule has 0 amide bonds. The molecule has 0 spiro atoms. The molecule has 0 saturated heterocycles. The highest BCUT2D eigenvalue weighted by atomic mass is 19.1. The smallest absolute Gasteiger partial charge is 0.343 e. The fourth-order valence-corrected chi connectivity index (χ4v) is 5.97. The van der Waals surface area contributed by atoms with Gasteiger partial charge in [-0.05, 0) is 61.6 Å². The van der Waals surface area contributed by atoms with Gasteiger partial charge in [0.15, 0.2) is 5.60 Å². The maximum atomic E-state index is 14.8. The van der Waals surface area contributed by atoms with Gasteiger partial charge in [-0.25, -0.2) is 14.2 Å². The molecular weight excluding hydrogens is 409 g/mol. The molecule has 0 bridgehead atoms. The van der Waals surface area contributed by atoms with Crippen molar-refractivity contribution in [3.05, 3.63) is 57.1 Å². The number of aryl methyl sites for hydroxylation is 1. The predicted molar refractivity (Wildman–Crippen MR) is 118 cm³/mol. The summed E-state index contributed by atoms with van der Waals surface area (Å²) in [5, 5.41) is 15.6. The van der Waals surface area contributed by atoms with Gasteiger partial charge in [0.2, 0.25) is 0 Å². The Hall–Kier alpha value is -2.77. The van der Waals surface area contributed by atoms with Crippen molar-refractivity contribution in [1.82, 2.24) is 15.2 Å². The summed E-state index contributed by atoms with van der Waals surface area (Å²) in [5.74, 6) is -0.817. The van der Waals surface area contributed by atoms with Gasteiger partial charge in [0, 0.05) is 41.7 Å². The van der Waals surface area contributed by atoms with Crippen LogP contribution in [-0.2, 0) is 22.5 Å². The fourth-order valence-electron chi connectivity index (χ4n) is 5.97. The molecule has 2 atom stereocenters.